The predicted octanol–water partition coefficient (Wildman–Crippen LogP) is 4.60. The van der Waals surface area contributed by atoms with Crippen LogP contribution in [0.25, 0.3) is 0 Å². The molecule has 1 aliphatic carbocycles. The molecule has 0 unspecified atom stereocenters. The van der Waals surface area contributed by atoms with Crippen molar-refractivity contribution in [2.24, 2.45) is 0 Å². The van der Waals surface area contributed by atoms with Gasteiger partial charge in [0.2, 0.25) is 0 Å². The quantitative estimate of drug-likeness (QED) is 0.853. The molecule has 2 aromatic carbocycles. The average molecular weight is 319 g/mol. The number of amides is 2. The van der Waals surface area contributed by atoms with Crippen molar-refractivity contribution in [2.75, 3.05) is 5.32 Å². The fourth-order valence-electron chi connectivity index (χ4n) is 2.44. The summed E-state index contributed by atoms with van der Waals surface area (Å²) in [6.45, 7) is 2.03. The second-order valence-electron chi connectivity index (χ2n) is 5.66. The van der Waals surface area contributed by atoms with Gasteiger partial charge in [0.1, 0.15) is 5.82 Å². The van der Waals surface area contributed by atoms with E-state index in [1.807, 2.05) is 31.2 Å². The van der Waals surface area contributed by atoms with Crippen molar-refractivity contribution < 1.29 is 9.18 Å². The molecule has 0 saturated heterocycles. The first-order chi connectivity index (χ1) is 10.5. The number of rotatable bonds is 3. The highest BCUT2D eigenvalue weighted by atomic mass is 35.5. The molecule has 5 heteroatoms. The van der Waals surface area contributed by atoms with Crippen molar-refractivity contribution in [1.29, 1.82) is 0 Å². The molecule has 0 aromatic heterocycles. The van der Waals surface area contributed by atoms with Gasteiger partial charge < -0.3 is 10.6 Å². The molecule has 1 saturated carbocycles. The average Bonchev–Trinajstić information content (AvgIpc) is 3.24. The lowest BCUT2D eigenvalue weighted by Gasteiger charge is -2.18. The highest BCUT2D eigenvalue weighted by Gasteiger charge is 2.45. The Balaban J connectivity index is 1.68. The molecular formula is C17H16ClFN2O. The normalized spacial score (nSPS) is 15.2. The van der Waals surface area contributed by atoms with Crippen LogP contribution in [0.2, 0.25) is 5.02 Å². The van der Waals surface area contributed by atoms with E-state index in [9.17, 15) is 9.18 Å². The number of anilines is 1. The third-order valence-corrected chi connectivity index (χ3v) is 4.17. The Hall–Kier alpha value is -2.07. The van der Waals surface area contributed by atoms with E-state index in [1.54, 1.807) is 0 Å². The Kier molecular flexibility index (Phi) is 3.79. The molecule has 0 aliphatic heterocycles. The SMILES string of the molecule is Cc1ccc(C2(NC(=O)Nc3ccc(F)c(Cl)c3)CC2)cc1. The highest BCUT2D eigenvalue weighted by molar-refractivity contribution is 6.31. The molecule has 0 radical (unpaired) electrons. The minimum absolute atomic E-state index is 0.0162. The molecule has 0 spiro atoms. The van der Waals surface area contributed by atoms with Crippen molar-refractivity contribution in [2.45, 2.75) is 25.3 Å². The molecule has 2 aromatic rings. The Morgan fingerprint density at radius 2 is 1.86 bits per heavy atom. The Morgan fingerprint density at radius 1 is 1.18 bits per heavy atom. The van der Waals surface area contributed by atoms with E-state index >= 15 is 0 Å². The molecule has 1 fully saturated rings. The zero-order valence-corrected chi connectivity index (χ0v) is 12.9. The van der Waals surface area contributed by atoms with Gasteiger partial charge in [-0.1, -0.05) is 41.4 Å². The van der Waals surface area contributed by atoms with E-state index in [1.165, 1.54) is 23.8 Å². The zero-order valence-electron chi connectivity index (χ0n) is 12.1. The van der Waals surface area contributed by atoms with Crippen molar-refractivity contribution in [1.82, 2.24) is 5.32 Å². The van der Waals surface area contributed by atoms with Crippen LogP contribution in [0.15, 0.2) is 42.5 Å². The monoisotopic (exact) mass is 318 g/mol. The largest absolute Gasteiger partial charge is 0.328 e. The third-order valence-electron chi connectivity index (χ3n) is 3.88. The van der Waals surface area contributed by atoms with Gasteiger partial charge >= 0.3 is 6.03 Å². The lowest BCUT2D eigenvalue weighted by molar-refractivity contribution is 0.247. The van der Waals surface area contributed by atoms with Crippen LogP contribution in [0.4, 0.5) is 14.9 Å². The van der Waals surface area contributed by atoms with Crippen LogP contribution < -0.4 is 10.6 Å². The van der Waals surface area contributed by atoms with E-state index in [0.29, 0.717) is 5.69 Å². The van der Waals surface area contributed by atoms with E-state index in [0.717, 1.165) is 18.4 Å². The van der Waals surface area contributed by atoms with E-state index in [4.69, 9.17) is 11.6 Å². The van der Waals surface area contributed by atoms with E-state index in [-0.39, 0.29) is 16.6 Å². The molecule has 3 nitrogen and oxygen atoms in total. The lowest BCUT2D eigenvalue weighted by Crippen LogP contribution is -2.38. The lowest BCUT2D eigenvalue weighted by atomic mass is 10.0. The van der Waals surface area contributed by atoms with Crippen LogP contribution in [-0.2, 0) is 5.54 Å². The Labute approximate surface area is 133 Å². The zero-order chi connectivity index (χ0) is 15.7. The summed E-state index contributed by atoms with van der Waals surface area (Å²) in [6.07, 6.45) is 1.82. The van der Waals surface area contributed by atoms with Gasteiger partial charge in [0.05, 0.1) is 10.6 Å². The van der Waals surface area contributed by atoms with Crippen LogP contribution in [0.1, 0.15) is 24.0 Å². The summed E-state index contributed by atoms with van der Waals surface area (Å²) in [5.74, 6) is -0.508. The fourth-order valence-corrected chi connectivity index (χ4v) is 2.62. The molecule has 1 aliphatic rings. The highest BCUT2D eigenvalue weighted by Crippen LogP contribution is 2.45. The number of benzene rings is 2. The maximum absolute atomic E-state index is 13.1. The van der Waals surface area contributed by atoms with Crippen molar-refractivity contribution >= 4 is 23.3 Å². The smallest absolute Gasteiger partial charge is 0.319 e. The maximum Gasteiger partial charge on any atom is 0.319 e. The molecule has 22 heavy (non-hydrogen) atoms. The second kappa shape index (κ2) is 5.61. The summed E-state index contributed by atoms with van der Waals surface area (Å²) in [5, 5.41) is 5.67. The molecule has 0 heterocycles. The third kappa shape index (κ3) is 3.07. The molecule has 2 N–H and O–H groups in total. The van der Waals surface area contributed by atoms with Gasteiger partial charge in [0, 0.05) is 5.69 Å². The molecule has 0 bridgehead atoms. The van der Waals surface area contributed by atoms with E-state index < -0.39 is 5.82 Å². The number of carbonyl (C=O) groups excluding carboxylic acids is 1. The Bertz CT molecular complexity index is 711. The first-order valence-corrected chi connectivity index (χ1v) is 7.48. The summed E-state index contributed by atoms with van der Waals surface area (Å²) < 4.78 is 13.1. The van der Waals surface area contributed by atoms with Gasteiger partial charge in [-0.3, -0.25) is 0 Å². The predicted molar refractivity (Wildman–Crippen MR) is 85.7 cm³/mol. The number of nitrogens with one attached hydrogen (secondary N) is 2. The molecule has 0 atom stereocenters. The number of aryl methyl sites for hydroxylation is 1. The molecule has 2 amide bonds. The van der Waals surface area contributed by atoms with Crippen molar-refractivity contribution in [3.63, 3.8) is 0 Å². The van der Waals surface area contributed by atoms with E-state index in [2.05, 4.69) is 10.6 Å². The van der Waals surface area contributed by atoms with Gasteiger partial charge in [-0.2, -0.15) is 0 Å². The van der Waals surface area contributed by atoms with Gasteiger partial charge in [-0.25, -0.2) is 9.18 Å². The number of halogens is 2. The van der Waals surface area contributed by atoms with Crippen LogP contribution in [0.5, 0.6) is 0 Å². The first kappa shape index (κ1) is 14.9. The maximum atomic E-state index is 13.1. The van der Waals surface area contributed by atoms with Crippen LogP contribution in [-0.4, -0.2) is 6.03 Å². The number of carbonyl (C=O) groups is 1. The van der Waals surface area contributed by atoms with Gasteiger partial charge in [0.15, 0.2) is 0 Å². The van der Waals surface area contributed by atoms with Crippen molar-refractivity contribution in [3.8, 4) is 0 Å². The summed E-state index contributed by atoms with van der Waals surface area (Å²) >= 11 is 5.71. The summed E-state index contributed by atoms with van der Waals surface area (Å²) in [4.78, 5) is 12.1. The number of hydrogen-bond acceptors (Lipinski definition) is 1. The molecule has 3 rings (SSSR count). The minimum Gasteiger partial charge on any atom is -0.328 e. The van der Waals surface area contributed by atoms with Crippen LogP contribution >= 0.6 is 11.6 Å². The fraction of sp³-hybridized carbons (Fsp3) is 0.235. The van der Waals surface area contributed by atoms with Crippen LogP contribution in [0, 0.1) is 12.7 Å². The second-order valence-corrected chi connectivity index (χ2v) is 6.06. The first-order valence-electron chi connectivity index (χ1n) is 7.10. The summed E-state index contributed by atoms with van der Waals surface area (Å²) in [5.41, 5.74) is 2.46. The minimum atomic E-state index is -0.508. The van der Waals surface area contributed by atoms with Crippen molar-refractivity contribution in [3.05, 3.63) is 64.4 Å². The van der Waals surface area contributed by atoms with Crippen LogP contribution in [0.3, 0.4) is 0 Å². The molecular weight excluding hydrogens is 303 g/mol. The van der Waals surface area contributed by atoms with Gasteiger partial charge in [0.25, 0.3) is 0 Å². The Morgan fingerprint density at radius 3 is 2.45 bits per heavy atom. The number of hydrogen-bond donors (Lipinski definition) is 2. The standard InChI is InChI=1S/C17H16ClFN2O/c1-11-2-4-12(5-3-11)17(8-9-17)21-16(22)20-13-6-7-15(19)14(18)10-13/h2-7,10H,8-9H2,1H3,(H2,20,21,22). The summed E-state index contributed by atoms with van der Waals surface area (Å²) in [6, 6.07) is 11.9. The molecule has 114 valence electrons. The van der Waals surface area contributed by atoms with Gasteiger partial charge in [-0.15, -0.1) is 0 Å². The summed E-state index contributed by atoms with van der Waals surface area (Å²) in [7, 11) is 0. The topological polar surface area (TPSA) is 41.1 Å². The van der Waals surface area contributed by atoms with Gasteiger partial charge in [-0.05, 0) is 43.5 Å². The number of urea groups is 1.